The molecular weight excluding hydrogens is 300 g/mol. The first kappa shape index (κ1) is 17.2. The zero-order valence-electron chi connectivity index (χ0n) is 14.9. The second-order valence-corrected chi connectivity index (χ2v) is 7.10. The van der Waals surface area contributed by atoms with Crippen molar-refractivity contribution in [2.24, 2.45) is 5.73 Å². The van der Waals surface area contributed by atoms with Crippen LogP contribution in [-0.2, 0) is 0 Å². The minimum absolute atomic E-state index is 0.136. The van der Waals surface area contributed by atoms with Crippen molar-refractivity contribution in [1.82, 2.24) is 9.80 Å². The fraction of sp³-hybridized carbons (Fsp3) is 0.632. The molecule has 0 radical (unpaired) electrons. The van der Waals surface area contributed by atoms with Gasteiger partial charge in [-0.3, -0.25) is 4.79 Å². The highest BCUT2D eigenvalue weighted by Crippen LogP contribution is 2.21. The Hall–Kier alpha value is -1.59. The monoisotopic (exact) mass is 330 g/mol. The van der Waals surface area contributed by atoms with E-state index >= 15 is 0 Å². The van der Waals surface area contributed by atoms with Gasteiger partial charge < -0.3 is 20.4 Å². The number of carbonyl (C=O) groups is 1. The summed E-state index contributed by atoms with van der Waals surface area (Å²) in [6.45, 7) is 10.5. The number of amides is 1. The number of hydrogen-bond donors (Lipinski definition) is 1. The Kier molecular flexibility index (Phi) is 5.41. The molecule has 2 aliphatic rings. The normalized spacial score (nSPS) is 25.8. The molecule has 1 aromatic carbocycles. The van der Waals surface area contributed by atoms with E-state index in [1.165, 1.54) is 5.69 Å². The molecule has 0 aliphatic carbocycles. The van der Waals surface area contributed by atoms with Crippen molar-refractivity contribution in [3.05, 3.63) is 29.8 Å². The fourth-order valence-corrected chi connectivity index (χ4v) is 3.81. The summed E-state index contributed by atoms with van der Waals surface area (Å²) in [6, 6.07) is 8.59. The van der Waals surface area contributed by atoms with Crippen LogP contribution in [0.4, 0.5) is 5.69 Å². The van der Waals surface area contributed by atoms with E-state index in [1.54, 1.807) is 0 Å². The number of rotatable bonds is 3. The lowest BCUT2D eigenvalue weighted by atomic mass is 9.98. The summed E-state index contributed by atoms with van der Waals surface area (Å²) in [5.41, 5.74) is 8.01. The van der Waals surface area contributed by atoms with Gasteiger partial charge in [-0.25, -0.2) is 0 Å². The molecule has 1 amide bonds. The van der Waals surface area contributed by atoms with Gasteiger partial charge in [0.2, 0.25) is 0 Å². The number of piperidine rings is 1. The number of hydrogen-bond acceptors (Lipinski definition) is 4. The summed E-state index contributed by atoms with van der Waals surface area (Å²) in [7, 11) is 0. The van der Waals surface area contributed by atoms with Gasteiger partial charge in [0.25, 0.3) is 5.91 Å². The van der Waals surface area contributed by atoms with Crippen LogP contribution in [-0.4, -0.2) is 67.1 Å². The summed E-state index contributed by atoms with van der Waals surface area (Å²) >= 11 is 0. The van der Waals surface area contributed by atoms with E-state index in [0.29, 0.717) is 0 Å². The van der Waals surface area contributed by atoms with Gasteiger partial charge in [-0.05, 0) is 50.6 Å². The van der Waals surface area contributed by atoms with E-state index in [4.69, 9.17) is 5.73 Å². The average Bonchev–Trinajstić information content (AvgIpc) is 2.61. The predicted octanol–water partition coefficient (Wildman–Crippen LogP) is 1.78. The molecule has 5 nitrogen and oxygen atoms in total. The van der Waals surface area contributed by atoms with E-state index in [2.05, 4.69) is 35.8 Å². The third kappa shape index (κ3) is 3.73. The van der Waals surface area contributed by atoms with E-state index in [9.17, 15) is 4.79 Å². The van der Waals surface area contributed by atoms with Crippen LogP contribution < -0.4 is 10.6 Å². The topological polar surface area (TPSA) is 52.8 Å². The van der Waals surface area contributed by atoms with Crippen molar-refractivity contribution in [1.29, 1.82) is 0 Å². The lowest BCUT2D eigenvalue weighted by molar-refractivity contribution is 0.0619. The van der Waals surface area contributed by atoms with Crippen LogP contribution in [0.5, 0.6) is 0 Å². The minimum Gasteiger partial charge on any atom is -0.369 e. The second-order valence-electron chi connectivity index (χ2n) is 7.10. The summed E-state index contributed by atoms with van der Waals surface area (Å²) in [6.07, 6.45) is 1.79. The maximum Gasteiger partial charge on any atom is 0.254 e. The Morgan fingerprint density at radius 1 is 1.12 bits per heavy atom. The third-order valence-electron chi connectivity index (χ3n) is 5.48. The maximum absolute atomic E-state index is 12.8. The van der Waals surface area contributed by atoms with E-state index in [1.807, 2.05) is 17.0 Å². The first-order valence-corrected chi connectivity index (χ1v) is 9.22. The molecule has 132 valence electrons. The van der Waals surface area contributed by atoms with Crippen molar-refractivity contribution in [3.8, 4) is 0 Å². The number of nitrogens with two attached hydrogens (primary N) is 1. The molecule has 2 saturated heterocycles. The van der Waals surface area contributed by atoms with E-state index < -0.39 is 0 Å². The molecule has 0 bridgehead atoms. The van der Waals surface area contributed by atoms with Gasteiger partial charge in [0, 0.05) is 56.1 Å². The zero-order valence-corrected chi connectivity index (χ0v) is 14.9. The first-order chi connectivity index (χ1) is 11.6. The minimum atomic E-state index is 0.136. The standard InChI is InChI=1S/C19H30N4O/c1-3-21-10-12-22(13-11-21)18-6-4-16(5-7-18)19(24)23-9-8-17(20)14-15(23)2/h4-7,15,17H,3,8-14,20H2,1-2H3. The van der Waals surface area contributed by atoms with Gasteiger partial charge in [-0.1, -0.05) is 6.92 Å². The molecule has 0 spiro atoms. The fourth-order valence-electron chi connectivity index (χ4n) is 3.81. The Bertz CT molecular complexity index is 551. The molecule has 5 heteroatoms. The number of likely N-dealkylation sites (N-methyl/N-ethyl adjacent to an activating group) is 1. The summed E-state index contributed by atoms with van der Waals surface area (Å²) in [4.78, 5) is 19.6. The van der Waals surface area contributed by atoms with Crippen LogP contribution in [0.15, 0.2) is 24.3 Å². The third-order valence-corrected chi connectivity index (χ3v) is 5.48. The lowest BCUT2D eigenvalue weighted by Gasteiger charge is -2.37. The van der Waals surface area contributed by atoms with Gasteiger partial charge in [-0.15, -0.1) is 0 Å². The summed E-state index contributed by atoms with van der Waals surface area (Å²) in [5.74, 6) is 0.136. The highest BCUT2D eigenvalue weighted by molar-refractivity contribution is 5.94. The Morgan fingerprint density at radius 2 is 1.79 bits per heavy atom. The molecule has 2 fully saturated rings. The molecule has 0 saturated carbocycles. The molecule has 2 unspecified atom stereocenters. The predicted molar refractivity (Wildman–Crippen MR) is 98.5 cm³/mol. The second kappa shape index (κ2) is 7.53. The van der Waals surface area contributed by atoms with E-state index in [0.717, 1.165) is 57.7 Å². The SMILES string of the molecule is CCN1CCN(c2ccc(C(=O)N3CCC(N)CC3C)cc2)CC1. The van der Waals surface area contributed by atoms with Crippen molar-refractivity contribution >= 4 is 11.6 Å². The summed E-state index contributed by atoms with van der Waals surface area (Å²) < 4.78 is 0. The molecule has 2 aliphatic heterocycles. The number of nitrogens with zero attached hydrogens (tertiary/aromatic N) is 3. The molecule has 3 rings (SSSR count). The van der Waals surface area contributed by atoms with Gasteiger partial charge >= 0.3 is 0 Å². The van der Waals surface area contributed by atoms with Gasteiger partial charge in [0.05, 0.1) is 0 Å². The van der Waals surface area contributed by atoms with Crippen LogP contribution in [0.3, 0.4) is 0 Å². The summed E-state index contributed by atoms with van der Waals surface area (Å²) in [5, 5.41) is 0. The molecular formula is C19H30N4O. The van der Waals surface area contributed by atoms with Crippen LogP contribution >= 0.6 is 0 Å². The highest BCUT2D eigenvalue weighted by atomic mass is 16.2. The van der Waals surface area contributed by atoms with Crippen LogP contribution in [0.25, 0.3) is 0 Å². The van der Waals surface area contributed by atoms with Crippen LogP contribution in [0.2, 0.25) is 0 Å². The maximum atomic E-state index is 12.8. The van der Waals surface area contributed by atoms with Crippen molar-refractivity contribution < 1.29 is 4.79 Å². The van der Waals surface area contributed by atoms with Crippen LogP contribution in [0, 0.1) is 0 Å². The Labute approximate surface area is 145 Å². The largest absolute Gasteiger partial charge is 0.369 e. The lowest BCUT2D eigenvalue weighted by Crippen LogP contribution is -2.48. The molecule has 2 N–H and O–H groups in total. The smallest absolute Gasteiger partial charge is 0.254 e. The van der Waals surface area contributed by atoms with Gasteiger partial charge in [-0.2, -0.15) is 0 Å². The Balaban J connectivity index is 1.63. The number of anilines is 1. The van der Waals surface area contributed by atoms with Gasteiger partial charge in [0.1, 0.15) is 0 Å². The van der Waals surface area contributed by atoms with Crippen molar-refractivity contribution in [3.63, 3.8) is 0 Å². The number of carbonyl (C=O) groups excluding carboxylic acids is 1. The van der Waals surface area contributed by atoms with Crippen molar-refractivity contribution in [2.75, 3.05) is 44.2 Å². The number of piperazine rings is 1. The highest BCUT2D eigenvalue weighted by Gasteiger charge is 2.27. The quantitative estimate of drug-likeness (QED) is 0.918. The molecule has 24 heavy (non-hydrogen) atoms. The molecule has 2 atom stereocenters. The van der Waals surface area contributed by atoms with Gasteiger partial charge in [0.15, 0.2) is 0 Å². The Morgan fingerprint density at radius 3 is 2.38 bits per heavy atom. The molecule has 2 heterocycles. The molecule has 0 aromatic heterocycles. The molecule has 1 aromatic rings. The van der Waals surface area contributed by atoms with Crippen LogP contribution in [0.1, 0.15) is 37.0 Å². The first-order valence-electron chi connectivity index (χ1n) is 9.22. The van der Waals surface area contributed by atoms with Crippen molar-refractivity contribution in [2.45, 2.75) is 38.8 Å². The zero-order chi connectivity index (χ0) is 17.1. The number of benzene rings is 1. The average molecular weight is 330 g/mol. The number of likely N-dealkylation sites (tertiary alicyclic amines) is 1. The van der Waals surface area contributed by atoms with E-state index in [-0.39, 0.29) is 18.0 Å².